The van der Waals surface area contributed by atoms with E-state index in [0.717, 1.165) is 11.3 Å². The number of hydrogen-bond acceptors (Lipinski definition) is 3. The number of benzene rings is 1. The van der Waals surface area contributed by atoms with Crippen LogP contribution in [0.2, 0.25) is 0 Å². The van der Waals surface area contributed by atoms with Crippen molar-refractivity contribution in [3.8, 4) is 6.07 Å². The lowest BCUT2D eigenvalue weighted by atomic mass is 10.1. The molecule has 0 amide bonds. The number of aryl methyl sites for hydroxylation is 1. The zero-order valence-corrected chi connectivity index (χ0v) is 10.1. The highest BCUT2D eigenvalue weighted by atomic mass is 16.3. The van der Waals surface area contributed by atoms with Gasteiger partial charge in [-0.15, -0.1) is 0 Å². The van der Waals surface area contributed by atoms with Crippen LogP contribution in [0.1, 0.15) is 25.0 Å². The Bertz CT molecular complexity index is 393. The first kappa shape index (κ1) is 12.5. The molecule has 0 unspecified atom stereocenters. The molecule has 1 rings (SSSR count). The highest BCUT2D eigenvalue weighted by Crippen LogP contribution is 2.26. The summed E-state index contributed by atoms with van der Waals surface area (Å²) in [6.45, 7) is 6.75. The van der Waals surface area contributed by atoms with Crippen molar-refractivity contribution in [3.63, 3.8) is 0 Å². The summed E-state index contributed by atoms with van der Waals surface area (Å²) in [6, 6.07) is 8.16. The smallest absolute Gasteiger partial charge is 0.101 e. The lowest BCUT2D eigenvalue weighted by Crippen LogP contribution is -2.34. The summed E-state index contributed by atoms with van der Waals surface area (Å²) in [7, 11) is 0. The maximum absolute atomic E-state index is 9.10. The molecule has 0 atom stereocenters. The third kappa shape index (κ3) is 2.53. The van der Waals surface area contributed by atoms with Gasteiger partial charge in [0.25, 0.3) is 0 Å². The first-order valence-corrected chi connectivity index (χ1v) is 5.49. The molecular formula is C13H18N2O. The second-order valence-corrected chi connectivity index (χ2v) is 4.09. The minimum atomic E-state index is 0.0946. The van der Waals surface area contributed by atoms with Gasteiger partial charge in [-0.25, -0.2) is 0 Å². The standard InChI is InChI=1S/C13H18N2O/c1-10(2)15(7-8-16)13-11(3)5-4-6-12(13)9-14/h4-6,10,16H,7-8H2,1-3H3. The van der Waals surface area contributed by atoms with Crippen molar-refractivity contribution >= 4 is 5.69 Å². The molecule has 0 saturated carbocycles. The van der Waals surface area contributed by atoms with Crippen LogP contribution < -0.4 is 4.90 Å². The molecule has 0 radical (unpaired) electrons. The maximum Gasteiger partial charge on any atom is 0.101 e. The van der Waals surface area contributed by atoms with Crippen molar-refractivity contribution in [1.29, 1.82) is 5.26 Å². The largest absolute Gasteiger partial charge is 0.395 e. The second kappa shape index (κ2) is 5.53. The van der Waals surface area contributed by atoms with Crippen molar-refractivity contribution in [2.75, 3.05) is 18.1 Å². The lowest BCUT2D eigenvalue weighted by molar-refractivity contribution is 0.299. The molecule has 0 aliphatic rings. The summed E-state index contributed by atoms with van der Waals surface area (Å²) in [6.07, 6.45) is 0. The number of hydrogen-bond donors (Lipinski definition) is 1. The van der Waals surface area contributed by atoms with E-state index in [0.29, 0.717) is 12.1 Å². The number of rotatable bonds is 4. The molecule has 0 bridgehead atoms. The van der Waals surface area contributed by atoms with Crippen LogP contribution in [-0.2, 0) is 0 Å². The zero-order valence-electron chi connectivity index (χ0n) is 10.1. The van der Waals surface area contributed by atoms with E-state index in [4.69, 9.17) is 10.4 Å². The highest BCUT2D eigenvalue weighted by molar-refractivity contribution is 5.64. The second-order valence-electron chi connectivity index (χ2n) is 4.09. The lowest BCUT2D eigenvalue weighted by Gasteiger charge is -2.30. The van der Waals surface area contributed by atoms with E-state index >= 15 is 0 Å². The summed E-state index contributed by atoms with van der Waals surface area (Å²) in [5.41, 5.74) is 2.68. The van der Waals surface area contributed by atoms with Gasteiger partial charge in [-0.1, -0.05) is 12.1 Å². The van der Waals surface area contributed by atoms with Crippen LogP contribution in [0, 0.1) is 18.3 Å². The first-order valence-electron chi connectivity index (χ1n) is 5.49. The predicted molar refractivity (Wildman–Crippen MR) is 65.5 cm³/mol. The molecular weight excluding hydrogens is 200 g/mol. The minimum Gasteiger partial charge on any atom is -0.395 e. The van der Waals surface area contributed by atoms with Crippen LogP contribution in [0.4, 0.5) is 5.69 Å². The molecule has 1 aromatic carbocycles. The number of aliphatic hydroxyl groups excluding tert-OH is 1. The Balaban J connectivity index is 3.23. The van der Waals surface area contributed by atoms with Crippen molar-refractivity contribution in [2.24, 2.45) is 0 Å². The van der Waals surface area contributed by atoms with E-state index in [1.807, 2.05) is 25.1 Å². The van der Waals surface area contributed by atoms with Gasteiger partial charge in [-0.3, -0.25) is 0 Å². The Morgan fingerprint density at radius 1 is 1.44 bits per heavy atom. The SMILES string of the molecule is Cc1cccc(C#N)c1N(CCO)C(C)C. The first-order chi connectivity index (χ1) is 7.61. The maximum atomic E-state index is 9.10. The minimum absolute atomic E-state index is 0.0946. The molecule has 0 aromatic heterocycles. The van der Waals surface area contributed by atoms with Gasteiger partial charge in [-0.05, 0) is 32.4 Å². The molecule has 0 spiro atoms. The third-order valence-corrected chi connectivity index (χ3v) is 2.61. The van der Waals surface area contributed by atoms with Crippen LogP contribution in [-0.4, -0.2) is 24.3 Å². The highest BCUT2D eigenvalue weighted by Gasteiger charge is 2.15. The quantitative estimate of drug-likeness (QED) is 0.841. The Morgan fingerprint density at radius 3 is 2.62 bits per heavy atom. The van der Waals surface area contributed by atoms with Gasteiger partial charge >= 0.3 is 0 Å². The summed E-state index contributed by atoms with van der Waals surface area (Å²) in [4.78, 5) is 2.06. The van der Waals surface area contributed by atoms with Crippen LogP contribution in [0.15, 0.2) is 18.2 Å². The van der Waals surface area contributed by atoms with Crippen molar-refractivity contribution in [3.05, 3.63) is 29.3 Å². The van der Waals surface area contributed by atoms with E-state index < -0.39 is 0 Å². The van der Waals surface area contributed by atoms with Gasteiger partial charge in [0.15, 0.2) is 0 Å². The fourth-order valence-electron chi connectivity index (χ4n) is 1.87. The Morgan fingerprint density at radius 2 is 2.12 bits per heavy atom. The number of nitriles is 1. The average Bonchev–Trinajstić information content (AvgIpc) is 2.26. The Labute approximate surface area is 96.9 Å². The fourth-order valence-corrected chi connectivity index (χ4v) is 1.87. The van der Waals surface area contributed by atoms with E-state index in [9.17, 15) is 0 Å². The van der Waals surface area contributed by atoms with Gasteiger partial charge in [-0.2, -0.15) is 5.26 Å². The fraction of sp³-hybridized carbons (Fsp3) is 0.462. The number of anilines is 1. The van der Waals surface area contributed by atoms with Gasteiger partial charge in [0, 0.05) is 12.6 Å². The molecule has 0 fully saturated rings. The number of aliphatic hydroxyl groups is 1. The summed E-state index contributed by atoms with van der Waals surface area (Å²) >= 11 is 0. The molecule has 0 saturated heterocycles. The number of para-hydroxylation sites is 1. The molecule has 0 aliphatic carbocycles. The van der Waals surface area contributed by atoms with E-state index in [2.05, 4.69) is 24.8 Å². The van der Waals surface area contributed by atoms with Crippen LogP contribution >= 0.6 is 0 Å². The number of nitrogens with zero attached hydrogens (tertiary/aromatic N) is 2. The molecule has 3 nitrogen and oxygen atoms in total. The topological polar surface area (TPSA) is 47.3 Å². The van der Waals surface area contributed by atoms with E-state index in [1.54, 1.807) is 0 Å². The molecule has 0 aliphatic heterocycles. The van der Waals surface area contributed by atoms with Crippen LogP contribution in [0.25, 0.3) is 0 Å². The Kier molecular flexibility index (Phi) is 4.33. The van der Waals surface area contributed by atoms with Crippen molar-refractivity contribution < 1.29 is 5.11 Å². The summed E-state index contributed by atoms with van der Waals surface area (Å²) in [5.74, 6) is 0. The molecule has 86 valence electrons. The van der Waals surface area contributed by atoms with Crippen LogP contribution in [0.3, 0.4) is 0 Å². The van der Waals surface area contributed by atoms with Gasteiger partial charge in [0.05, 0.1) is 17.9 Å². The molecule has 16 heavy (non-hydrogen) atoms. The molecule has 0 heterocycles. The summed E-state index contributed by atoms with van der Waals surface area (Å²) in [5, 5.41) is 18.2. The monoisotopic (exact) mass is 218 g/mol. The van der Waals surface area contributed by atoms with Gasteiger partial charge in [0.1, 0.15) is 6.07 Å². The van der Waals surface area contributed by atoms with E-state index in [1.165, 1.54) is 0 Å². The molecule has 1 aromatic rings. The van der Waals surface area contributed by atoms with Gasteiger partial charge < -0.3 is 10.0 Å². The van der Waals surface area contributed by atoms with E-state index in [-0.39, 0.29) is 12.6 Å². The van der Waals surface area contributed by atoms with Crippen molar-refractivity contribution in [2.45, 2.75) is 26.8 Å². The summed E-state index contributed by atoms with van der Waals surface area (Å²) < 4.78 is 0. The predicted octanol–water partition coefficient (Wildman–Crippen LogP) is 2.07. The van der Waals surface area contributed by atoms with Crippen molar-refractivity contribution in [1.82, 2.24) is 0 Å². The van der Waals surface area contributed by atoms with Gasteiger partial charge in [0.2, 0.25) is 0 Å². The average molecular weight is 218 g/mol. The molecule has 3 heteroatoms. The third-order valence-electron chi connectivity index (χ3n) is 2.61. The normalized spacial score (nSPS) is 10.2. The molecule has 1 N–H and O–H groups in total. The van der Waals surface area contributed by atoms with Crippen LogP contribution in [0.5, 0.6) is 0 Å². The Hall–Kier alpha value is -1.53. The zero-order chi connectivity index (χ0) is 12.1.